The van der Waals surface area contributed by atoms with Crippen molar-refractivity contribution in [2.24, 2.45) is 5.73 Å². The van der Waals surface area contributed by atoms with Crippen molar-refractivity contribution < 1.29 is 18.3 Å². The standard InChI is InChI=1S/C17H21N5O4S/c1-17(2,21-16(23)11-6-8-20-9-7-11)10-26-13-5-3-4-12(22-27(24)25)14(13)15(18)19/h3-9,22H,10H2,1-2H3,(H3,18,19)(H,21,23)(H,24,25). The Kier molecular flexibility index (Phi) is 6.48. The molecule has 0 aliphatic rings. The number of nitrogens with zero attached hydrogens (tertiary/aromatic N) is 1. The maximum Gasteiger partial charge on any atom is 0.259 e. The molecule has 1 amide bonds. The third-order valence-electron chi connectivity index (χ3n) is 3.48. The third-order valence-corrected chi connectivity index (χ3v) is 3.87. The maximum atomic E-state index is 12.3. The molecule has 6 N–H and O–H groups in total. The zero-order valence-electron chi connectivity index (χ0n) is 14.9. The van der Waals surface area contributed by atoms with Crippen LogP contribution in [0.1, 0.15) is 29.8 Å². The Labute approximate surface area is 159 Å². The first-order chi connectivity index (χ1) is 12.7. The lowest BCUT2D eigenvalue weighted by Crippen LogP contribution is -2.48. The summed E-state index contributed by atoms with van der Waals surface area (Å²) in [6, 6.07) is 7.89. The summed E-state index contributed by atoms with van der Waals surface area (Å²) in [5.41, 5.74) is 5.68. The fourth-order valence-electron chi connectivity index (χ4n) is 2.29. The molecular formula is C17H21N5O4S. The van der Waals surface area contributed by atoms with Gasteiger partial charge in [0, 0.05) is 18.0 Å². The largest absolute Gasteiger partial charge is 0.490 e. The molecule has 144 valence electrons. The number of hydrogen-bond acceptors (Lipinski definition) is 5. The number of benzene rings is 1. The predicted octanol–water partition coefficient (Wildman–Crippen LogP) is 1.50. The Bertz CT molecular complexity index is 858. The molecule has 2 rings (SSSR count). The third kappa shape index (κ3) is 5.76. The molecule has 2 aromatic rings. The van der Waals surface area contributed by atoms with Gasteiger partial charge in [-0.3, -0.25) is 24.5 Å². The van der Waals surface area contributed by atoms with Crippen molar-refractivity contribution in [3.05, 3.63) is 53.9 Å². The van der Waals surface area contributed by atoms with E-state index in [1.54, 1.807) is 38.1 Å². The molecule has 0 aliphatic carbocycles. The molecule has 0 bridgehead atoms. The second kappa shape index (κ2) is 8.60. The number of nitrogens with one attached hydrogen (secondary N) is 3. The lowest BCUT2D eigenvalue weighted by Gasteiger charge is -2.27. The number of ether oxygens (including phenoxy) is 1. The van der Waals surface area contributed by atoms with Crippen LogP contribution in [0.15, 0.2) is 42.7 Å². The van der Waals surface area contributed by atoms with Gasteiger partial charge in [-0.15, -0.1) is 0 Å². The highest BCUT2D eigenvalue weighted by molar-refractivity contribution is 7.80. The number of amidine groups is 1. The number of amides is 1. The second-order valence-corrected chi connectivity index (χ2v) is 7.01. The van der Waals surface area contributed by atoms with Crippen molar-refractivity contribution in [1.29, 1.82) is 5.41 Å². The van der Waals surface area contributed by atoms with Gasteiger partial charge >= 0.3 is 0 Å². The van der Waals surface area contributed by atoms with E-state index in [4.69, 9.17) is 20.4 Å². The first-order valence-corrected chi connectivity index (χ1v) is 9.00. The van der Waals surface area contributed by atoms with Gasteiger partial charge in [0.25, 0.3) is 17.2 Å². The minimum Gasteiger partial charge on any atom is -0.490 e. The van der Waals surface area contributed by atoms with Gasteiger partial charge in [-0.2, -0.15) is 0 Å². The maximum absolute atomic E-state index is 12.3. The highest BCUT2D eigenvalue weighted by atomic mass is 32.2. The molecular weight excluding hydrogens is 370 g/mol. The fraction of sp³-hybridized carbons (Fsp3) is 0.235. The predicted molar refractivity (Wildman–Crippen MR) is 103 cm³/mol. The average molecular weight is 391 g/mol. The summed E-state index contributed by atoms with van der Waals surface area (Å²) in [5, 5.41) is 10.6. The Balaban J connectivity index is 2.13. The van der Waals surface area contributed by atoms with E-state index < -0.39 is 16.8 Å². The SMILES string of the molecule is CC(C)(COc1cccc(NS(=O)O)c1C(=N)N)NC(=O)c1ccncc1. The number of carbonyl (C=O) groups is 1. The van der Waals surface area contributed by atoms with Crippen molar-refractivity contribution >= 4 is 28.7 Å². The van der Waals surface area contributed by atoms with E-state index in [9.17, 15) is 9.00 Å². The van der Waals surface area contributed by atoms with Gasteiger partial charge in [0.15, 0.2) is 0 Å². The smallest absolute Gasteiger partial charge is 0.259 e. The lowest BCUT2D eigenvalue weighted by atomic mass is 10.1. The minimum atomic E-state index is -2.32. The van der Waals surface area contributed by atoms with E-state index in [1.165, 1.54) is 18.5 Å². The van der Waals surface area contributed by atoms with Gasteiger partial charge in [0.1, 0.15) is 18.2 Å². The van der Waals surface area contributed by atoms with Crippen molar-refractivity contribution in [2.75, 3.05) is 11.3 Å². The highest BCUT2D eigenvalue weighted by Gasteiger charge is 2.23. The van der Waals surface area contributed by atoms with Crippen LogP contribution < -0.4 is 20.5 Å². The van der Waals surface area contributed by atoms with Crippen LogP contribution in [0.5, 0.6) is 5.75 Å². The number of hydrogen-bond donors (Lipinski definition) is 5. The molecule has 0 aliphatic heterocycles. The molecule has 9 nitrogen and oxygen atoms in total. The van der Waals surface area contributed by atoms with Crippen LogP contribution in [0.4, 0.5) is 5.69 Å². The number of anilines is 1. The van der Waals surface area contributed by atoms with E-state index in [0.717, 1.165) is 0 Å². The molecule has 0 fully saturated rings. The molecule has 1 heterocycles. The summed E-state index contributed by atoms with van der Waals surface area (Å²) in [7, 11) is 0. The van der Waals surface area contributed by atoms with Crippen molar-refractivity contribution in [3.8, 4) is 5.75 Å². The molecule has 0 saturated heterocycles. The molecule has 0 spiro atoms. The summed E-state index contributed by atoms with van der Waals surface area (Å²) in [4.78, 5) is 16.2. The molecule has 0 saturated carbocycles. The van der Waals surface area contributed by atoms with E-state index >= 15 is 0 Å². The number of nitrogen functional groups attached to an aromatic ring is 1. The molecule has 1 aromatic heterocycles. The number of aromatic nitrogens is 1. The van der Waals surface area contributed by atoms with Crippen molar-refractivity contribution in [1.82, 2.24) is 10.3 Å². The number of rotatable bonds is 8. The average Bonchev–Trinajstić information content (AvgIpc) is 2.59. The quantitative estimate of drug-likeness (QED) is 0.261. The van der Waals surface area contributed by atoms with Crippen molar-refractivity contribution in [2.45, 2.75) is 19.4 Å². The monoisotopic (exact) mass is 391 g/mol. The van der Waals surface area contributed by atoms with Gasteiger partial charge in [0.2, 0.25) is 0 Å². The molecule has 0 radical (unpaired) electrons. The van der Waals surface area contributed by atoms with Gasteiger partial charge in [0.05, 0.1) is 16.8 Å². The van der Waals surface area contributed by atoms with E-state index in [1.807, 2.05) is 0 Å². The minimum absolute atomic E-state index is 0.0791. The summed E-state index contributed by atoms with van der Waals surface area (Å²) in [6.07, 6.45) is 3.06. The first kappa shape index (κ1) is 20.3. The normalized spacial score (nSPS) is 12.1. The lowest BCUT2D eigenvalue weighted by molar-refractivity contribution is 0.0880. The zero-order valence-corrected chi connectivity index (χ0v) is 15.7. The topological polar surface area (TPSA) is 150 Å². The molecule has 1 aromatic carbocycles. The van der Waals surface area contributed by atoms with Crippen LogP contribution in [0.3, 0.4) is 0 Å². The fourth-order valence-corrected chi connectivity index (χ4v) is 2.64. The van der Waals surface area contributed by atoms with Crippen molar-refractivity contribution in [3.63, 3.8) is 0 Å². The first-order valence-electron chi connectivity index (χ1n) is 7.90. The Morgan fingerprint density at radius 1 is 1.33 bits per heavy atom. The number of pyridine rings is 1. The Morgan fingerprint density at radius 2 is 2.00 bits per heavy atom. The molecule has 1 unspecified atom stereocenters. The molecule has 10 heteroatoms. The van der Waals surface area contributed by atoms with Crippen LogP contribution in [0, 0.1) is 5.41 Å². The molecule has 27 heavy (non-hydrogen) atoms. The Morgan fingerprint density at radius 3 is 2.59 bits per heavy atom. The van der Waals surface area contributed by atoms with E-state index in [-0.39, 0.29) is 35.4 Å². The van der Waals surface area contributed by atoms with Gasteiger partial charge in [-0.05, 0) is 38.1 Å². The summed E-state index contributed by atoms with van der Waals surface area (Å²) < 4.78 is 28.1. The van der Waals surface area contributed by atoms with Crippen LogP contribution in [-0.2, 0) is 11.3 Å². The van der Waals surface area contributed by atoms with E-state index in [2.05, 4.69) is 15.0 Å². The molecule has 1 atom stereocenters. The number of nitrogens with two attached hydrogens (primary N) is 1. The Hall–Kier alpha value is -2.98. The van der Waals surface area contributed by atoms with Gasteiger partial charge < -0.3 is 15.8 Å². The van der Waals surface area contributed by atoms with Gasteiger partial charge in [-0.25, -0.2) is 4.21 Å². The van der Waals surface area contributed by atoms with E-state index in [0.29, 0.717) is 5.56 Å². The number of carbonyl (C=O) groups excluding carboxylic acids is 1. The van der Waals surface area contributed by atoms with Gasteiger partial charge in [-0.1, -0.05) is 6.07 Å². The summed E-state index contributed by atoms with van der Waals surface area (Å²) >= 11 is -2.32. The van der Waals surface area contributed by atoms with Crippen LogP contribution in [0.2, 0.25) is 0 Å². The summed E-state index contributed by atoms with van der Waals surface area (Å²) in [5.74, 6) is -0.342. The second-order valence-electron chi connectivity index (χ2n) is 6.31. The van der Waals surface area contributed by atoms with Crippen LogP contribution in [0.25, 0.3) is 0 Å². The van der Waals surface area contributed by atoms with Crippen LogP contribution in [-0.4, -0.2) is 37.6 Å². The zero-order chi connectivity index (χ0) is 20.0. The van der Waals surface area contributed by atoms with Crippen LogP contribution >= 0.6 is 0 Å². The summed E-state index contributed by atoms with van der Waals surface area (Å²) in [6.45, 7) is 3.64. The highest BCUT2D eigenvalue weighted by Crippen LogP contribution is 2.27.